The van der Waals surface area contributed by atoms with Gasteiger partial charge in [0.1, 0.15) is 6.04 Å². The van der Waals surface area contributed by atoms with Crippen LogP contribution in [0.15, 0.2) is 48.7 Å². The molecule has 36 heavy (non-hydrogen) atoms. The Labute approximate surface area is 204 Å². The normalized spacial score (nSPS) is 18.3. The van der Waals surface area contributed by atoms with Crippen LogP contribution >= 0.6 is 0 Å². The summed E-state index contributed by atoms with van der Waals surface area (Å²) in [6.45, 7) is -1.36. The molecule has 2 aliphatic heterocycles. The van der Waals surface area contributed by atoms with Crippen LogP contribution in [0.5, 0.6) is 0 Å². The molecule has 3 amide bonds. The SMILES string of the molecule is N#CC1CC(F)(F)CN1C(=O)CNC(=O)c1ccnc2ccc(-c3cccc4c3CCC(=O)N4)cc12. The molecule has 5 rings (SSSR count). The smallest absolute Gasteiger partial charge is 0.268 e. The molecule has 0 spiro atoms. The highest BCUT2D eigenvalue weighted by atomic mass is 19.3. The van der Waals surface area contributed by atoms with Gasteiger partial charge in [0.05, 0.1) is 30.2 Å². The predicted molar refractivity (Wildman–Crippen MR) is 127 cm³/mol. The number of benzene rings is 2. The number of anilines is 1. The van der Waals surface area contributed by atoms with Crippen molar-refractivity contribution in [3.8, 4) is 17.2 Å². The minimum Gasteiger partial charge on any atom is -0.343 e. The van der Waals surface area contributed by atoms with Crippen LogP contribution in [0.25, 0.3) is 22.0 Å². The second-order valence-electron chi connectivity index (χ2n) is 8.88. The van der Waals surface area contributed by atoms with Crippen LogP contribution in [0.3, 0.4) is 0 Å². The first-order valence-corrected chi connectivity index (χ1v) is 11.4. The summed E-state index contributed by atoms with van der Waals surface area (Å²) in [6.07, 6.45) is 1.74. The molecule has 1 unspecified atom stereocenters. The van der Waals surface area contributed by atoms with E-state index in [4.69, 9.17) is 5.26 Å². The van der Waals surface area contributed by atoms with Crippen molar-refractivity contribution >= 4 is 34.3 Å². The van der Waals surface area contributed by atoms with E-state index in [0.717, 1.165) is 27.3 Å². The van der Waals surface area contributed by atoms with E-state index < -0.39 is 43.3 Å². The highest BCUT2D eigenvalue weighted by Crippen LogP contribution is 2.35. The molecule has 3 aromatic rings. The molecular weight excluding hydrogens is 468 g/mol. The van der Waals surface area contributed by atoms with Crippen molar-refractivity contribution in [2.75, 3.05) is 18.4 Å². The number of rotatable bonds is 4. The Morgan fingerprint density at radius 3 is 2.86 bits per heavy atom. The Hall–Kier alpha value is -4.39. The fraction of sp³-hybridized carbons (Fsp3) is 0.269. The maximum Gasteiger partial charge on any atom is 0.268 e. The summed E-state index contributed by atoms with van der Waals surface area (Å²) in [4.78, 5) is 42.4. The third kappa shape index (κ3) is 4.35. The van der Waals surface area contributed by atoms with E-state index in [0.29, 0.717) is 23.7 Å². The maximum atomic E-state index is 13.7. The third-order valence-corrected chi connectivity index (χ3v) is 6.49. The van der Waals surface area contributed by atoms with Crippen molar-refractivity contribution < 1.29 is 23.2 Å². The first-order valence-electron chi connectivity index (χ1n) is 11.4. The van der Waals surface area contributed by atoms with Gasteiger partial charge in [-0.15, -0.1) is 0 Å². The molecule has 1 aromatic heterocycles. The molecule has 2 N–H and O–H groups in total. The number of fused-ring (bicyclic) bond motifs is 2. The molecule has 182 valence electrons. The number of aromatic nitrogens is 1. The van der Waals surface area contributed by atoms with Crippen molar-refractivity contribution in [3.63, 3.8) is 0 Å². The minimum atomic E-state index is -3.13. The molecule has 0 saturated carbocycles. The molecule has 8 nitrogen and oxygen atoms in total. The first-order chi connectivity index (χ1) is 17.3. The van der Waals surface area contributed by atoms with Crippen molar-refractivity contribution in [1.29, 1.82) is 5.26 Å². The average molecular weight is 489 g/mol. The fourth-order valence-electron chi connectivity index (χ4n) is 4.75. The summed E-state index contributed by atoms with van der Waals surface area (Å²) in [5.74, 6) is -4.47. The van der Waals surface area contributed by atoms with Gasteiger partial charge in [-0.3, -0.25) is 19.4 Å². The molecule has 0 bridgehead atoms. The molecule has 0 radical (unpaired) electrons. The number of alkyl halides is 2. The number of nitrogens with zero attached hydrogens (tertiary/aromatic N) is 3. The van der Waals surface area contributed by atoms with Gasteiger partial charge in [0.25, 0.3) is 11.8 Å². The van der Waals surface area contributed by atoms with E-state index in [2.05, 4.69) is 15.6 Å². The number of carbonyl (C=O) groups excluding carboxylic acids is 3. The van der Waals surface area contributed by atoms with Crippen molar-refractivity contribution in [2.24, 2.45) is 0 Å². The van der Waals surface area contributed by atoms with Crippen LogP contribution in [-0.2, 0) is 16.0 Å². The third-order valence-electron chi connectivity index (χ3n) is 6.49. The summed E-state index contributed by atoms with van der Waals surface area (Å²) < 4.78 is 27.3. The van der Waals surface area contributed by atoms with E-state index in [-0.39, 0.29) is 11.5 Å². The highest BCUT2D eigenvalue weighted by Gasteiger charge is 2.47. The van der Waals surface area contributed by atoms with Crippen molar-refractivity contribution in [2.45, 2.75) is 31.2 Å². The first kappa shape index (κ1) is 23.4. The van der Waals surface area contributed by atoms with Crippen LogP contribution in [0, 0.1) is 11.3 Å². The van der Waals surface area contributed by atoms with Gasteiger partial charge in [-0.1, -0.05) is 18.2 Å². The summed E-state index contributed by atoms with van der Waals surface area (Å²) in [5.41, 5.74) is 4.37. The molecule has 1 fully saturated rings. The van der Waals surface area contributed by atoms with E-state index in [1.54, 1.807) is 12.1 Å². The molecule has 3 heterocycles. The van der Waals surface area contributed by atoms with Crippen molar-refractivity contribution in [1.82, 2.24) is 15.2 Å². The number of hydrogen-bond donors (Lipinski definition) is 2. The lowest BCUT2D eigenvalue weighted by Gasteiger charge is -2.20. The molecule has 1 saturated heterocycles. The Morgan fingerprint density at radius 2 is 2.06 bits per heavy atom. The Bertz CT molecular complexity index is 1450. The zero-order valence-corrected chi connectivity index (χ0v) is 19.1. The minimum absolute atomic E-state index is 0.0328. The van der Waals surface area contributed by atoms with Crippen LogP contribution in [-0.4, -0.2) is 52.7 Å². The standard InChI is InChI=1S/C26H21F2N5O3/c27-26(28)11-16(12-29)33(14-26)24(35)13-31-25(36)19-8-9-30-21-6-4-15(10-20(19)21)17-2-1-3-22-18(17)5-7-23(34)32-22/h1-4,6,8-10,16H,5,7,11,13-14H2,(H,31,36)(H,32,34). The Kier molecular flexibility index (Phi) is 5.84. The quantitative estimate of drug-likeness (QED) is 0.584. The monoisotopic (exact) mass is 489 g/mol. The predicted octanol–water partition coefficient (Wildman–Crippen LogP) is 3.28. The number of amides is 3. The lowest BCUT2D eigenvalue weighted by molar-refractivity contribution is -0.131. The van der Waals surface area contributed by atoms with Gasteiger partial charge in [-0.25, -0.2) is 8.78 Å². The average Bonchev–Trinajstić information content (AvgIpc) is 3.20. The number of pyridine rings is 1. The van der Waals surface area contributed by atoms with Gasteiger partial charge in [0.15, 0.2) is 0 Å². The fourth-order valence-corrected chi connectivity index (χ4v) is 4.75. The van der Waals surface area contributed by atoms with E-state index in [9.17, 15) is 23.2 Å². The van der Waals surface area contributed by atoms with E-state index in [1.165, 1.54) is 12.3 Å². The molecule has 1 atom stereocenters. The molecular formula is C26H21F2N5O3. The summed E-state index contributed by atoms with van der Waals surface area (Å²) in [6, 6.07) is 13.2. The maximum absolute atomic E-state index is 13.7. The van der Waals surface area contributed by atoms with Gasteiger partial charge < -0.3 is 15.5 Å². The second kappa shape index (κ2) is 9.00. The van der Waals surface area contributed by atoms with Gasteiger partial charge in [0.2, 0.25) is 11.8 Å². The second-order valence-corrected chi connectivity index (χ2v) is 8.88. The number of carbonyl (C=O) groups is 3. The highest BCUT2D eigenvalue weighted by molar-refractivity contribution is 6.08. The molecule has 0 aliphatic carbocycles. The largest absolute Gasteiger partial charge is 0.343 e. The molecule has 2 aromatic carbocycles. The summed E-state index contributed by atoms with van der Waals surface area (Å²) in [5, 5.41) is 15.0. The molecule has 10 heteroatoms. The number of likely N-dealkylation sites (tertiary alicyclic amines) is 1. The van der Waals surface area contributed by atoms with Crippen LogP contribution in [0.2, 0.25) is 0 Å². The lowest BCUT2D eigenvalue weighted by atomic mass is 9.91. The zero-order chi connectivity index (χ0) is 25.4. The van der Waals surface area contributed by atoms with Crippen LogP contribution < -0.4 is 10.6 Å². The Balaban J connectivity index is 1.40. The van der Waals surface area contributed by atoms with Gasteiger partial charge in [-0.2, -0.15) is 5.26 Å². The summed E-state index contributed by atoms with van der Waals surface area (Å²) in [7, 11) is 0. The van der Waals surface area contributed by atoms with Gasteiger partial charge in [-0.05, 0) is 47.4 Å². The molecule has 2 aliphatic rings. The topological polar surface area (TPSA) is 115 Å². The van der Waals surface area contributed by atoms with Crippen LogP contribution in [0.4, 0.5) is 14.5 Å². The number of halogens is 2. The van der Waals surface area contributed by atoms with E-state index >= 15 is 0 Å². The lowest BCUT2D eigenvalue weighted by Crippen LogP contribution is -2.43. The van der Waals surface area contributed by atoms with Crippen LogP contribution in [0.1, 0.15) is 28.8 Å². The summed E-state index contributed by atoms with van der Waals surface area (Å²) >= 11 is 0. The van der Waals surface area contributed by atoms with Gasteiger partial charge >= 0.3 is 0 Å². The number of nitrogens with one attached hydrogen (secondary N) is 2. The Morgan fingerprint density at radius 1 is 1.22 bits per heavy atom. The van der Waals surface area contributed by atoms with Crippen molar-refractivity contribution in [3.05, 3.63) is 59.8 Å². The zero-order valence-electron chi connectivity index (χ0n) is 19.1. The van der Waals surface area contributed by atoms with Gasteiger partial charge in [0, 0.05) is 30.1 Å². The number of hydrogen-bond acceptors (Lipinski definition) is 5. The van der Waals surface area contributed by atoms with E-state index in [1.807, 2.05) is 30.3 Å². The number of nitriles is 1.